The summed E-state index contributed by atoms with van der Waals surface area (Å²) in [5.41, 5.74) is 1.09. The molecule has 29 heavy (non-hydrogen) atoms. The molecule has 0 aliphatic heterocycles. The Kier molecular flexibility index (Phi) is 3.91. The molecule has 0 spiro atoms. The van der Waals surface area contributed by atoms with E-state index in [1.165, 1.54) is 12.8 Å². The predicted molar refractivity (Wildman–Crippen MR) is 104 cm³/mol. The molecule has 3 aromatic heterocycles. The van der Waals surface area contributed by atoms with Crippen molar-refractivity contribution >= 4 is 17.5 Å². The molecular formula is C19H20N8O2. The smallest absolute Gasteiger partial charge is 0.326 e. The van der Waals surface area contributed by atoms with Crippen LogP contribution in [0.1, 0.15) is 43.9 Å². The van der Waals surface area contributed by atoms with E-state index in [0.717, 1.165) is 12.8 Å². The van der Waals surface area contributed by atoms with E-state index in [2.05, 4.69) is 38.4 Å². The molecule has 3 heterocycles. The van der Waals surface area contributed by atoms with Gasteiger partial charge >= 0.3 is 5.69 Å². The summed E-state index contributed by atoms with van der Waals surface area (Å²) >= 11 is 0. The molecule has 2 saturated carbocycles. The number of aromatic nitrogens is 5. The third-order valence-electron chi connectivity index (χ3n) is 5.34. The molecule has 1 atom stereocenters. The van der Waals surface area contributed by atoms with Gasteiger partial charge in [0, 0.05) is 11.3 Å². The molecular weight excluding hydrogens is 372 g/mol. The summed E-state index contributed by atoms with van der Waals surface area (Å²) in [6.07, 6.45) is 7.49. The van der Waals surface area contributed by atoms with E-state index in [1.54, 1.807) is 16.8 Å². The van der Waals surface area contributed by atoms with Gasteiger partial charge in [-0.25, -0.2) is 9.78 Å². The Morgan fingerprint density at radius 3 is 2.83 bits per heavy atom. The summed E-state index contributed by atoms with van der Waals surface area (Å²) in [4.78, 5) is 25.6. The van der Waals surface area contributed by atoms with Crippen LogP contribution in [-0.2, 0) is 0 Å². The average Bonchev–Trinajstić information content (AvgIpc) is 3.60. The molecule has 0 radical (unpaired) electrons. The van der Waals surface area contributed by atoms with E-state index in [-0.39, 0.29) is 23.7 Å². The number of nitrogens with zero attached hydrogens (tertiary/aromatic N) is 5. The lowest BCUT2D eigenvalue weighted by molar-refractivity contribution is 0.454. The largest absolute Gasteiger partial charge is 0.493 e. The molecule has 10 heteroatoms. The maximum absolute atomic E-state index is 11.4. The molecule has 3 aromatic rings. The fourth-order valence-electron chi connectivity index (χ4n) is 3.38. The highest BCUT2D eigenvalue weighted by Gasteiger charge is 2.29. The molecule has 5 rings (SSSR count). The second kappa shape index (κ2) is 6.48. The summed E-state index contributed by atoms with van der Waals surface area (Å²) in [5.74, 6) is 0.813. The molecule has 0 saturated heterocycles. The van der Waals surface area contributed by atoms with Gasteiger partial charge in [-0.2, -0.15) is 14.9 Å². The van der Waals surface area contributed by atoms with Gasteiger partial charge in [-0.15, -0.1) is 0 Å². The second-order valence-corrected chi connectivity index (χ2v) is 7.72. The number of rotatable bonds is 5. The first kappa shape index (κ1) is 17.5. The Bertz CT molecular complexity index is 1320. The van der Waals surface area contributed by atoms with Crippen molar-refractivity contribution in [2.45, 2.75) is 44.7 Å². The van der Waals surface area contributed by atoms with Gasteiger partial charge in [0.1, 0.15) is 17.3 Å². The molecule has 10 nitrogen and oxygen atoms in total. The van der Waals surface area contributed by atoms with Crippen molar-refractivity contribution in [1.82, 2.24) is 24.6 Å². The van der Waals surface area contributed by atoms with E-state index in [1.807, 2.05) is 0 Å². The summed E-state index contributed by atoms with van der Waals surface area (Å²) in [7, 11) is 0. The maximum atomic E-state index is 11.4. The van der Waals surface area contributed by atoms with Crippen molar-refractivity contribution in [1.29, 1.82) is 5.26 Å². The number of nitriles is 1. The van der Waals surface area contributed by atoms with Gasteiger partial charge in [0.2, 0.25) is 5.88 Å². The van der Waals surface area contributed by atoms with Crippen molar-refractivity contribution in [2.75, 3.05) is 5.32 Å². The van der Waals surface area contributed by atoms with Crippen LogP contribution in [0, 0.1) is 17.2 Å². The first-order valence-corrected chi connectivity index (χ1v) is 9.68. The van der Waals surface area contributed by atoms with Gasteiger partial charge in [-0.1, -0.05) is 0 Å². The molecule has 0 unspecified atom stereocenters. The number of hydrogen-bond acceptors (Lipinski definition) is 7. The lowest BCUT2D eigenvalue weighted by Crippen LogP contribution is -2.27. The lowest BCUT2D eigenvalue weighted by Gasteiger charge is -2.15. The van der Waals surface area contributed by atoms with Crippen molar-refractivity contribution in [3.05, 3.63) is 38.6 Å². The van der Waals surface area contributed by atoms with Crippen LogP contribution in [0.5, 0.6) is 5.88 Å². The zero-order chi connectivity index (χ0) is 20.1. The Morgan fingerprint density at radius 2 is 2.21 bits per heavy atom. The molecule has 0 amide bonds. The van der Waals surface area contributed by atoms with E-state index in [4.69, 9.17) is 4.99 Å². The van der Waals surface area contributed by atoms with E-state index < -0.39 is 5.69 Å². The van der Waals surface area contributed by atoms with E-state index >= 15 is 0 Å². The highest BCUT2D eigenvalue weighted by Crippen LogP contribution is 2.34. The standard InChI is InChI=1S/C19H20N8O2/c1-9(10-2-3-10)22-15-13(7-20)17(23-12-4-5-12)27-16(25-15)11(8-21-27)6-14-18(28)26-19(29)24-14/h6,8-10,12,22,28H,2-5H2,1H3,(H2,24,26,29)/t9-/m1/s1. The van der Waals surface area contributed by atoms with Crippen LogP contribution in [0.15, 0.2) is 16.0 Å². The van der Waals surface area contributed by atoms with Gasteiger partial charge in [0.25, 0.3) is 0 Å². The molecule has 2 fully saturated rings. The zero-order valence-electron chi connectivity index (χ0n) is 15.8. The van der Waals surface area contributed by atoms with E-state index in [9.17, 15) is 15.2 Å². The van der Waals surface area contributed by atoms with Crippen LogP contribution in [-0.4, -0.2) is 41.8 Å². The maximum Gasteiger partial charge on any atom is 0.326 e. The fourth-order valence-corrected chi connectivity index (χ4v) is 3.38. The van der Waals surface area contributed by atoms with Gasteiger partial charge in [-0.05, 0) is 44.6 Å². The van der Waals surface area contributed by atoms with Crippen LogP contribution >= 0.6 is 0 Å². The van der Waals surface area contributed by atoms with Gasteiger partial charge in [-0.3, -0.25) is 9.98 Å². The second-order valence-electron chi connectivity index (χ2n) is 7.72. The van der Waals surface area contributed by atoms with Gasteiger partial charge in [0.05, 0.1) is 12.2 Å². The van der Waals surface area contributed by atoms with Crippen molar-refractivity contribution in [2.24, 2.45) is 10.9 Å². The molecule has 148 valence electrons. The summed E-state index contributed by atoms with van der Waals surface area (Å²) in [5, 5.41) is 28.0. The highest BCUT2D eigenvalue weighted by atomic mass is 16.3. The molecule has 2 aliphatic rings. The van der Waals surface area contributed by atoms with Gasteiger partial charge < -0.3 is 15.4 Å². The third-order valence-corrected chi connectivity index (χ3v) is 5.34. The monoisotopic (exact) mass is 392 g/mol. The van der Waals surface area contributed by atoms with Crippen LogP contribution in [0.4, 0.5) is 5.82 Å². The van der Waals surface area contributed by atoms with Crippen molar-refractivity contribution < 1.29 is 5.11 Å². The molecule has 0 aromatic carbocycles. The number of aromatic amines is 2. The van der Waals surface area contributed by atoms with Crippen LogP contribution in [0.3, 0.4) is 0 Å². The Morgan fingerprint density at radius 1 is 1.41 bits per heavy atom. The van der Waals surface area contributed by atoms with Crippen LogP contribution < -0.4 is 21.7 Å². The van der Waals surface area contributed by atoms with Gasteiger partial charge in [0.15, 0.2) is 17.0 Å². The Hall–Kier alpha value is -3.61. The molecule has 4 N–H and O–H groups in total. The summed E-state index contributed by atoms with van der Waals surface area (Å²) in [6.45, 7) is 2.09. The van der Waals surface area contributed by atoms with Crippen molar-refractivity contribution in [3.63, 3.8) is 0 Å². The number of nitrogens with one attached hydrogen (secondary N) is 3. The summed E-state index contributed by atoms with van der Waals surface area (Å²) in [6, 6.07) is 2.64. The summed E-state index contributed by atoms with van der Waals surface area (Å²) < 4.78 is 1.55. The molecule has 0 bridgehead atoms. The average molecular weight is 392 g/mol. The van der Waals surface area contributed by atoms with Crippen LogP contribution in [0.25, 0.3) is 11.7 Å². The number of imidazole rings is 1. The van der Waals surface area contributed by atoms with Crippen LogP contribution in [0.2, 0.25) is 0 Å². The molecule has 2 aliphatic carbocycles. The fraction of sp³-hybridized carbons (Fsp3) is 0.421. The lowest BCUT2D eigenvalue weighted by atomic mass is 10.2. The Balaban J connectivity index is 1.74. The predicted octanol–water partition coefficient (Wildman–Crippen LogP) is 0.144. The SMILES string of the molecule is C[C@@H](Nc1nc2c(=Cc3[nH]c(=O)[nH]c3O)cnn2c(=NC2CC2)c1C#N)C1CC1. The highest BCUT2D eigenvalue weighted by molar-refractivity contribution is 5.61. The number of H-pyrrole nitrogens is 2. The number of hydrogen-bond donors (Lipinski definition) is 4. The normalized spacial score (nSPS) is 18.9. The Labute approximate surface area is 164 Å². The number of anilines is 1. The first-order valence-electron chi connectivity index (χ1n) is 9.68. The number of aromatic hydroxyl groups is 1. The van der Waals surface area contributed by atoms with Crippen molar-refractivity contribution in [3.8, 4) is 11.9 Å². The van der Waals surface area contributed by atoms with E-state index in [0.29, 0.717) is 33.7 Å². The number of fused-ring (bicyclic) bond motifs is 1. The first-order chi connectivity index (χ1) is 14.0. The minimum absolute atomic E-state index is 0.197. The quantitative estimate of drug-likeness (QED) is 0.486. The third kappa shape index (κ3) is 3.24. The zero-order valence-corrected chi connectivity index (χ0v) is 15.8. The topological polar surface area (TPSA) is 147 Å². The minimum Gasteiger partial charge on any atom is -0.493 e. The minimum atomic E-state index is -0.505.